The van der Waals surface area contributed by atoms with Crippen LogP contribution in [0.4, 0.5) is 0 Å². The van der Waals surface area contributed by atoms with Crippen molar-refractivity contribution in [1.29, 1.82) is 0 Å². The lowest BCUT2D eigenvalue weighted by atomic mass is 9.95. The zero-order valence-electron chi connectivity index (χ0n) is 16.1. The molecule has 8 heteroatoms. The van der Waals surface area contributed by atoms with Crippen molar-refractivity contribution in [2.75, 3.05) is 26.3 Å². The van der Waals surface area contributed by atoms with Crippen molar-refractivity contribution < 1.29 is 14.1 Å². The van der Waals surface area contributed by atoms with Crippen LogP contribution in [0.2, 0.25) is 0 Å². The topological polar surface area (TPSA) is 97.1 Å². The molecule has 2 aliphatic rings. The number of carbonyl (C=O) groups excluding carboxylic acids is 1. The molecule has 5 rings (SSSR count). The SMILES string of the molecule is O=C(c1cn[nH]c1C1CCOC1)N1CCC(c2nc(-c3ccccc3)no2)CC1. The Labute approximate surface area is 168 Å². The van der Waals surface area contributed by atoms with Crippen molar-refractivity contribution in [3.05, 3.63) is 53.7 Å². The Morgan fingerprint density at radius 2 is 1.93 bits per heavy atom. The second-order valence-corrected chi connectivity index (χ2v) is 7.65. The minimum atomic E-state index is 0.0367. The number of hydrogen-bond acceptors (Lipinski definition) is 6. The highest BCUT2D eigenvalue weighted by atomic mass is 16.5. The Morgan fingerprint density at radius 3 is 2.69 bits per heavy atom. The summed E-state index contributed by atoms with van der Waals surface area (Å²) in [6, 6.07) is 9.80. The number of nitrogens with zero attached hydrogens (tertiary/aromatic N) is 4. The molecule has 2 aliphatic heterocycles. The summed E-state index contributed by atoms with van der Waals surface area (Å²) < 4.78 is 11.0. The molecule has 3 aromatic rings. The lowest BCUT2D eigenvalue weighted by molar-refractivity contribution is 0.0703. The summed E-state index contributed by atoms with van der Waals surface area (Å²) in [4.78, 5) is 19.5. The van der Waals surface area contributed by atoms with Crippen LogP contribution >= 0.6 is 0 Å². The largest absolute Gasteiger partial charge is 0.381 e. The summed E-state index contributed by atoms with van der Waals surface area (Å²) in [5.74, 6) is 1.71. The number of rotatable bonds is 4. The van der Waals surface area contributed by atoms with Crippen LogP contribution < -0.4 is 0 Å². The van der Waals surface area contributed by atoms with Gasteiger partial charge in [0.15, 0.2) is 0 Å². The van der Waals surface area contributed by atoms with E-state index in [-0.39, 0.29) is 17.7 Å². The summed E-state index contributed by atoms with van der Waals surface area (Å²) in [5, 5.41) is 11.2. The quantitative estimate of drug-likeness (QED) is 0.732. The van der Waals surface area contributed by atoms with E-state index in [9.17, 15) is 4.79 Å². The number of ether oxygens (including phenoxy) is 1. The lowest BCUT2D eigenvalue weighted by Gasteiger charge is -2.30. The fraction of sp³-hybridized carbons (Fsp3) is 0.429. The monoisotopic (exact) mass is 393 g/mol. The number of benzene rings is 1. The van der Waals surface area contributed by atoms with Gasteiger partial charge in [0, 0.05) is 37.1 Å². The summed E-state index contributed by atoms with van der Waals surface area (Å²) >= 11 is 0. The van der Waals surface area contributed by atoms with Crippen molar-refractivity contribution in [2.45, 2.75) is 31.1 Å². The van der Waals surface area contributed by atoms with E-state index < -0.39 is 0 Å². The molecule has 1 unspecified atom stereocenters. The van der Waals surface area contributed by atoms with Gasteiger partial charge in [-0.05, 0) is 19.3 Å². The fourth-order valence-corrected chi connectivity index (χ4v) is 4.15. The van der Waals surface area contributed by atoms with Crippen LogP contribution in [-0.2, 0) is 4.74 Å². The van der Waals surface area contributed by atoms with Crippen LogP contribution in [0.3, 0.4) is 0 Å². The zero-order valence-corrected chi connectivity index (χ0v) is 16.1. The molecule has 1 amide bonds. The molecule has 4 heterocycles. The summed E-state index contributed by atoms with van der Waals surface area (Å²) in [6.45, 7) is 2.71. The molecular formula is C21H23N5O3. The standard InChI is InChI=1S/C21H23N5O3/c27-21(17-12-22-24-18(17)16-8-11-28-13-16)26-9-6-15(7-10-26)20-23-19(25-29-20)14-4-2-1-3-5-14/h1-5,12,15-16H,6-11,13H2,(H,22,24). The van der Waals surface area contributed by atoms with Crippen LogP contribution in [0.5, 0.6) is 0 Å². The summed E-state index contributed by atoms with van der Waals surface area (Å²) in [7, 11) is 0. The highest BCUT2D eigenvalue weighted by Gasteiger charge is 2.31. The molecule has 0 spiro atoms. The first-order chi connectivity index (χ1) is 14.3. The Hall–Kier alpha value is -3.00. The molecule has 1 aromatic carbocycles. The molecule has 0 aliphatic carbocycles. The van der Waals surface area contributed by atoms with Gasteiger partial charge in [-0.2, -0.15) is 10.1 Å². The molecule has 150 valence electrons. The van der Waals surface area contributed by atoms with E-state index in [0.717, 1.165) is 37.1 Å². The number of aromatic amines is 1. The fourth-order valence-electron chi connectivity index (χ4n) is 4.15. The first kappa shape index (κ1) is 18.1. The third kappa shape index (κ3) is 3.55. The Balaban J connectivity index is 1.24. The molecule has 0 radical (unpaired) electrons. The maximum Gasteiger partial charge on any atom is 0.257 e. The maximum atomic E-state index is 13.0. The van der Waals surface area contributed by atoms with E-state index in [1.54, 1.807) is 6.20 Å². The molecule has 2 fully saturated rings. The second kappa shape index (κ2) is 7.79. The number of H-pyrrole nitrogens is 1. The van der Waals surface area contributed by atoms with Crippen molar-refractivity contribution in [1.82, 2.24) is 25.2 Å². The van der Waals surface area contributed by atoms with Crippen molar-refractivity contribution in [3.63, 3.8) is 0 Å². The molecule has 1 atom stereocenters. The molecule has 2 saturated heterocycles. The van der Waals surface area contributed by atoms with Gasteiger partial charge in [0.2, 0.25) is 11.7 Å². The van der Waals surface area contributed by atoms with Gasteiger partial charge in [-0.15, -0.1) is 0 Å². The van der Waals surface area contributed by atoms with Gasteiger partial charge in [-0.25, -0.2) is 0 Å². The van der Waals surface area contributed by atoms with Crippen LogP contribution in [0, 0.1) is 0 Å². The second-order valence-electron chi connectivity index (χ2n) is 7.65. The van der Waals surface area contributed by atoms with E-state index in [1.165, 1.54) is 0 Å². The van der Waals surface area contributed by atoms with E-state index >= 15 is 0 Å². The molecule has 0 saturated carbocycles. The average molecular weight is 393 g/mol. The number of hydrogen-bond donors (Lipinski definition) is 1. The van der Waals surface area contributed by atoms with Crippen LogP contribution in [0.25, 0.3) is 11.4 Å². The van der Waals surface area contributed by atoms with Gasteiger partial charge >= 0.3 is 0 Å². The first-order valence-electron chi connectivity index (χ1n) is 10.1. The normalized spacial score (nSPS) is 20.3. The van der Waals surface area contributed by atoms with Gasteiger partial charge in [-0.3, -0.25) is 9.89 Å². The predicted molar refractivity (Wildman–Crippen MR) is 104 cm³/mol. The van der Waals surface area contributed by atoms with Crippen LogP contribution in [-0.4, -0.2) is 57.4 Å². The number of carbonyl (C=O) groups is 1. The summed E-state index contributed by atoms with van der Waals surface area (Å²) in [6.07, 6.45) is 4.18. The molecule has 0 bridgehead atoms. The van der Waals surface area contributed by atoms with Gasteiger partial charge in [0.05, 0.1) is 24.1 Å². The first-order valence-corrected chi connectivity index (χ1v) is 10.1. The Kier molecular flexibility index (Phi) is 4.85. The molecule has 1 N–H and O–H groups in total. The Morgan fingerprint density at radius 1 is 1.10 bits per heavy atom. The smallest absolute Gasteiger partial charge is 0.257 e. The number of piperidine rings is 1. The maximum absolute atomic E-state index is 13.0. The minimum Gasteiger partial charge on any atom is -0.381 e. The molecular weight excluding hydrogens is 370 g/mol. The average Bonchev–Trinajstić information content (AvgIpc) is 3.55. The Bertz CT molecular complexity index is 969. The molecule has 2 aromatic heterocycles. The van der Waals surface area contributed by atoms with E-state index in [1.807, 2.05) is 35.2 Å². The van der Waals surface area contributed by atoms with Crippen molar-refractivity contribution in [3.8, 4) is 11.4 Å². The third-order valence-corrected chi connectivity index (χ3v) is 5.84. The highest BCUT2D eigenvalue weighted by Crippen LogP contribution is 2.31. The van der Waals surface area contributed by atoms with Crippen molar-refractivity contribution in [2.24, 2.45) is 0 Å². The zero-order chi connectivity index (χ0) is 19.6. The van der Waals surface area contributed by atoms with E-state index in [0.29, 0.717) is 37.0 Å². The number of nitrogens with one attached hydrogen (secondary N) is 1. The van der Waals surface area contributed by atoms with Crippen molar-refractivity contribution >= 4 is 5.91 Å². The van der Waals surface area contributed by atoms with Gasteiger partial charge in [-0.1, -0.05) is 35.5 Å². The van der Waals surface area contributed by atoms with E-state index in [4.69, 9.17) is 9.26 Å². The van der Waals surface area contributed by atoms with Crippen LogP contribution in [0.1, 0.15) is 53.0 Å². The van der Waals surface area contributed by atoms with E-state index in [2.05, 4.69) is 20.3 Å². The number of aromatic nitrogens is 4. The third-order valence-electron chi connectivity index (χ3n) is 5.84. The summed E-state index contributed by atoms with van der Waals surface area (Å²) in [5.41, 5.74) is 2.51. The highest BCUT2D eigenvalue weighted by molar-refractivity contribution is 5.95. The van der Waals surface area contributed by atoms with Gasteiger partial charge in [0.25, 0.3) is 5.91 Å². The number of likely N-dealkylation sites (tertiary alicyclic amines) is 1. The van der Waals surface area contributed by atoms with Gasteiger partial charge in [0.1, 0.15) is 0 Å². The molecule has 8 nitrogen and oxygen atoms in total. The van der Waals surface area contributed by atoms with Gasteiger partial charge < -0.3 is 14.2 Å². The minimum absolute atomic E-state index is 0.0367. The van der Waals surface area contributed by atoms with Crippen LogP contribution in [0.15, 0.2) is 41.1 Å². The lowest BCUT2D eigenvalue weighted by Crippen LogP contribution is -2.38. The molecule has 29 heavy (non-hydrogen) atoms. The predicted octanol–water partition coefficient (Wildman–Crippen LogP) is 2.98. The number of amides is 1.